The SMILES string of the molecule is CCC(CCC(CC)CCC(F)(F)C(F)(F)OC(F)(F)C(F)(F)S(=O)(=O)[O-])CCC(F)(F)C(F)(F)OC(F)(F)C(F)(F)SOO[O-]. The van der Waals surface area contributed by atoms with E-state index in [0.717, 1.165) is 0 Å². The molecule has 0 fully saturated rings. The van der Waals surface area contributed by atoms with E-state index in [2.05, 4.69) is 18.8 Å². The molecule has 0 aliphatic heterocycles. The van der Waals surface area contributed by atoms with Crippen molar-refractivity contribution >= 4 is 22.2 Å². The second-order valence-corrected chi connectivity index (χ2v) is 11.8. The van der Waals surface area contributed by atoms with E-state index in [0.29, 0.717) is 0 Å². The number of rotatable bonds is 23. The molecule has 0 N–H and O–H groups in total. The molecule has 0 aromatic rings. The summed E-state index contributed by atoms with van der Waals surface area (Å²) in [7, 11) is -7.38. The van der Waals surface area contributed by atoms with Crippen LogP contribution in [0.2, 0.25) is 0 Å². The van der Waals surface area contributed by atoms with E-state index in [1.54, 1.807) is 0 Å². The smallest absolute Gasteiger partial charge is 0.438 e. The van der Waals surface area contributed by atoms with Crippen molar-refractivity contribution in [3.05, 3.63) is 0 Å². The zero-order valence-corrected chi connectivity index (χ0v) is 24.6. The first-order valence-corrected chi connectivity index (χ1v) is 14.5. The van der Waals surface area contributed by atoms with Crippen molar-refractivity contribution in [3.8, 4) is 0 Å². The summed E-state index contributed by atoms with van der Waals surface area (Å²) in [4.78, 5) is 0. The Bertz CT molecular complexity index is 1060. The van der Waals surface area contributed by atoms with Crippen LogP contribution in [0.3, 0.4) is 0 Å². The van der Waals surface area contributed by atoms with Gasteiger partial charge in [-0.3, -0.25) is 5.04 Å². The fourth-order valence-electron chi connectivity index (χ4n) is 3.48. The minimum atomic E-state index is -7.38. The summed E-state index contributed by atoms with van der Waals surface area (Å²) < 4.78 is 255. The zero-order chi connectivity index (χ0) is 36.8. The highest BCUT2D eigenvalue weighted by Gasteiger charge is 2.72. The Hall–Kier alpha value is -1.06. The van der Waals surface area contributed by atoms with Gasteiger partial charge < -0.3 is 9.81 Å². The summed E-state index contributed by atoms with van der Waals surface area (Å²) in [6, 6.07) is 0. The van der Waals surface area contributed by atoms with Crippen LogP contribution in [-0.4, -0.2) is 59.8 Å². The maximum Gasteiger partial charge on any atom is 0.438 e. The van der Waals surface area contributed by atoms with Crippen molar-refractivity contribution in [3.63, 3.8) is 0 Å². The van der Waals surface area contributed by atoms with Crippen molar-refractivity contribution < 1.29 is 107 Å². The number of ether oxygens (including phenoxy) is 2. The second kappa shape index (κ2) is 15.7. The van der Waals surface area contributed by atoms with Gasteiger partial charge >= 0.3 is 46.8 Å². The molecule has 0 saturated carbocycles. The van der Waals surface area contributed by atoms with Crippen LogP contribution >= 0.6 is 12.0 Å². The van der Waals surface area contributed by atoms with E-state index in [-0.39, 0.29) is 25.7 Å². The van der Waals surface area contributed by atoms with Crippen LogP contribution in [0.15, 0.2) is 0 Å². The van der Waals surface area contributed by atoms with Gasteiger partial charge in [-0.05, 0) is 24.7 Å². The molecule has 0 radical (unpaired) electrons. The number of alkyl halides is 16. The summed E-state index contributed by atoms with van der Waals surface area (Å²) >= 11 is -1.83. The third kappa shape index (κ3) is 11.2. The first kappa shape index (κ1) is 44.9. The Morgan fingerprint density at radius 2 is 0.957 bits per heavy atom. The van der Waals surface area contributed by atoms with Crippen LogP contribution in [0.1, 0.15) is 65.2 Å². The molecular weight excluding hydrogens is 736 g/mol. The predicted molar refractivity (Wildman–Crippen MR) is 116 cm³/mol. The van der Waals surface area contributed by atoms with E-state index in [9.17, 15) is 88.5 Å². The fourth-order valence-corrected chi connectivity index (χ4v) is 4.06. The van der Waals surface area contributed by atoms with Crippen LogP contribution in [0, 0.1) is 11.8 Å². The van der Waals surface area contributed by atoms with Crippen molar-refractivity contribution in [1.29, 1.82) is 0 Å². The quantitative estimate of drug-likeness (QED) is 0.0340. The summed E-state index contributed by atoms with van der Waals surface area (Å²) in [5, 5.41) is -0.903. The number of halogens is 16. The lowest BCUT2D eigenvalue weighted by Crippen LogP contribution is -2.55. The Morgan fingerprint density at radius 3 is 1.26 bits per heavy atom. The fraction of sp³-hybridized carbons (Fsp3) is 1.00. The van der Waals surface area contributed by atoms with Crippen LogP contribution in [0.5, 0.6) is 0 Å². The number of hydrogen-bond donors (Lipinski definition) is 0. The minimum absolute atomic E-state index is 0.135. The van der Waals surface area contributed by atoms with E-state index < -0.39 is 106 Å². The van der Waals surface area contributed by atoms with Gasteiger partial charge in [-0.15, -0.1) is 0 Å². The van der Waals surface area contributed by atoms with E-state index in [1.807, 2.05) is 0 Å². The van der Waals surface area contributed by atoms with Gasteiger partial charge in [-0.2, -0.15) is 74.6 Å². The highest BCUT2D eigenvalue weighted by Crippen LogP contribution is 2.51. The molecule has 0 spiro atoms. The van der Waals surface area contributed by atoms with Gasteiger partial charge in [-0.25, -0.2) is 17.9 Å². The second-order valence-electron chi connectivity index (χ2n) is 9.59. The Balaban J connectivity index is 5.39. The van der Waals surface area contributed by atoms with Crippen molar-refractivity contribution in [1.82, 2.24) is 0 Å². The lowest BCUT2D eigenvalue weighted by atomic mass is 9.86. The average Bonchev–Trinajstić information content (AvgIpc) is 2.86. The molecule has 0 aliphatic rings. The van der Waals surface area contributed by atoms with Gasteiger partial charge in [-0.1, -0.05) is 39.5 Å². The number of hydrogen-bond acceptors (Lipinski definition) is 9. The van der Waals surface area contributed by atoms with E-state index in [1.165, 1.54) is 13.8 Å². The molecule has 46 heavy (non-hydrogen) atoms. The van der Waals surface area contributed by atoms with Gasteiger partial charge in [0.25, 0.3) is 0 Å². The predicted octanol–water partition coefficient (Wildman–Crippen LogP) is 7.66. The molecule has 0 bridgehead atoms. The maximum atomic E-state index is 14.1. The Labute approximate surface area is 253 Å². The molecule has 26 heteroatoms. The zero-order valence-electron chi connectivity index (χ0n) is 22.9. The van der Waals surface area contributed by atoms with Crippen LogP contribution in [0.4, 0.5) is 70.2 Å². The molecule has 8 nitrogen and oxygen atoms in total. The topological polar surface area (TPSA) is 117 Å². The third-order valence-electron chi connectivity index (χ3n) is 6.39. The summed E-state index contributed by atoms with van der Waals surface area (Å²) in [6.45, 7) is 2.55. The largest absolute Gasteiger partial charge is 0.743 e. The summed E-state index contributed by atoms with van der Waals surface area (Å²) in [5.41, 5.74) is 0. The minimum Gasteiger partial charge on any atom is -0.743 e. The van der Waals surface area contributed by atoms with Gasteiger partial charge in [0.15, 0.2) is 10.1 Å². The van der Waals surface area contributed by atoms with Crippen LogP contribution in [-0.2, 0) is 29.0 Å². The van der Waals surface area contributed by atoms with Gasteiger partial charge in [0.05, 0.1) is 0 Å². The van der Waals surface area contributed by atoms with Gasteiger partial charge in [0.2, 0.25) is 0 Å². The molecule has 0 aromatic carbocycles. The standard InChI is InChI=1S/C20H26F16O8S2/c1-3-11(7-9-13(21,22)15(25,26)41-17(29,30)19(33,34)45-44-43-37)5-6-12(4-2)8-10-14(23,24)16(27,28)42-18(31,32)20(35,36)46(38,39)40/h11-12,37H,3-10H2,1-2H3,(H,38,39,40)/p-2. The normalized spacial score (nSPS) is 16.5. The monoisotopic (exact) mass is 760 g/mol. The van der Waals surface area contributed by atoms with Crippen LogP contribution < -0.4 is 5.26 Å². The molecular formula is C20H24F16O8S2-2. The Kier molecular flexibility index (Phi) is 15.3. The first-order valence-electron chi connectivity index (χ1n) is 12.3. The molecule has 0 aliphatic carbocycles. The van der Waals surface area contributed by atoms with Gasteiger partial charge in [0.1, 0.15) is 12.0 Å². The lowest BCUT2D eigenvalue weighted by molar-refractivity contribution is -0.777. The molecule has 0 amide bonds. The summed E-state index contributed by atoms with van der Waals surface area (Å²) in [6.07, 6.45) is -33.0. The van der Waals surface area contributed by atoms with Crippen molar-refractivity contribution in [2.24, 2.45) is 11.8 Å². The van der Waals surface area contributed by atoms with E-state index in [4.69, 9.17) is 0 Å². The van der Waals surface area contributed by atoms with Gasteiger partial charge in [0, 0.05) is 12.8 Å². The highest BCUT2D eigenvalue weighted by molar-refractivity contribution is 7.95. The van der Waals surface area contributed by atoms with E-state index >= 15 is 0 Å². The molecule has 2 atom stereocenters. The summed E-state index contributed by atoms with van der Waals surface area (Å²) in [5.74, 6) is -13.3. The molecule has 0 heterocycles. The molecule has 0 aromatic heterocycles. The average molecular weight is 761 g/mol. The lowest BCUT2D eigenvalue weighted by Gasteiger charge is -2.34. The third-order valence-corrected chi connectivity index (χ3v) is 7.83. The molecule has 0 rings (SSSR count). The molecule has 0 saturated heterocycles. The van der Waals surface area contributed by atoms with Crippen molar-refractivity contribution in [2.75, 3.05) is 0 Å². The maximum absolute atomic E-state index is 14.1. The Morgan fingerprint density at radius 1 is 0.609 bits per heavy atom. The molecule has 278 valence electrons. The molecule has 2 unspecified atom stereocenters. The first-order chi connectivity index (χ1) is 20.3. The van der Waals surface area contributed by atoms with Crippen molar-refractivity contribution in [2.45, 2.75) is 112 Å². The van der Waals surface area contributed by atoms with Crippen LogP contribution in [0.25, 0.3) is 0 Å². The highest BCUT2D eigenvalue weighted by atomic mass is 32.2.